The lowest BCUT2D eigenvalue weighted by Crippen LogP contribution is -2.47. The third kappa shape index (κ3) is 6.32. The van der Waals surface area contributed by atoms with E-state index in [-0.39, 0.29) is 24.3 Å². The number of carbonyl (C=O) groups excluding carboxylic acids is 3. The zero-order chi connectivity index (χ0) is 27.2. The van der Waals surface area contributed by atoms with Crippen LogP contribution < -0.4 is 15.4 Å². The molecule has 0 aromatic heterocycles. The summed E-state index contributed by atoms with van der Waals surface area (Å²) in [4.78, 5) is 40.7. The lowest BCUT2D eigenvalue weighted by molar-refractivity contribution is -0.126. The predicted octanol–water partition coefficient (Wildman–Crippen LogP) is 5.09. The van der Waals surface area contributed by atoms with Gasteiger partial charge in [-0.2, -0.15) is 0 Å². The van der Waals surface area contributed by atoms with E-state index in [1.807, 2.05) is 45.0 Å². The monoisotopic (exact) mass is 515 g/mol. The van der Waals surface area contributed by atoms with E-state index in [2.05, 4.69) is 10.6 Å². The SMILES string of the molecule is COc1ccc(C(=O)Nc2cccc([C@H]3OC(=O)N(Cc4ccc(C)cc4)[C@@H]3C(=O)NCC(C)C)c2)cc1. The molecule has 1 aliphatic heterocycles. The fourth-order valence-electron chi connectivity index (χ4n) is 4.25. The summed E-state index contributed by atoms with van der Waals surface area (Å²) in [5.74, 6) is 0.329. The normalized spacial score (nSPS) is 16.8. The number of rotatable bonds is 9. The number of benzene rings is 3. The fourth-order valence-corrected chi connectivity index (χ4v) is 4.25. The molecule has 3 aromatic carbocycles. The van der Waals surface area contributed by atoms with E-state index in [1.165, 1.54) is 4.90 Å². The van der Waals surface area contributed by atoms with Crippen molar-refractivity contribution in [1.29, 1.82) is 0 Å². The second kappa shape index (κ2) is 11.8. The van der Waals surface area contributed by atoms with Gasteiger partial charge in [-0.3, -0.25) is 14.5 Å². The third-order valence-corrected chi connectivity index (χ3v) is 6.34. The standard InChI is InChI=1S/C30H33N3O5/c1-19(2)17-31-29(35)26-27(38-30(36)33(26)18-21-10-8-20(3)9-11-21)23-6-5-7-24(16-23)32-28(34)22-12-14-25(37-4)15-13-22/h5-16,19,26-27H,17-18H2,1-4H3,(H,31,35)(H,32,34)/t26-,27+/m0/s1. The number of anilines is 1. The van der Waals surface area contributed by atoms with Crippen LogP contribution in [-0.2, 0) is 16.1 Å². The zero-order valence-electron chi connectivity index (χ0n) is 22.1. The van der Waals surface area contributed by atoms with Gasteiger partial charge in [0.2, 0.25) is 5.91 Å². The van der Waals surface area contributed by atoms with Gasteiger partial charge in [-0.25, -0.2) is 4.79 Å². The van der Waals surface area contributed by atoms with E-state index in [0.29, 0.717) is 29.1 Å². The fraction of sp³-hybridized carbons (Fsp3) is 0.300. The molecule has 1 heterocycles. The zero-order valence-corrected chi connectivity index (χ0v) is 22.1. The lowest BCUT2D eigenvalue weighted by Gasteiger charge is -2.25. The van der Waals surface area contributed by atoms with E-state index in [9.17, 15) is 14.4 Å². The molecule has 2 atom stereocenters. The summed E-state index contributed by atoms with van der Waals surface area (Å²) in [5.41, 5.74) is 3.61. The molecule has 8 heteroatoms. The molecular formula is C30H33N3O5. The van der Waals surface area contributed by atoms with E-state index in [4.69, 9.17) is 9.47 Å². The van der Waals surface area contributed by atoms with Gasteiger partial charge in [0.15, 0.2) is 12.1 Å². The van der Waals surface area contributed by atoms with Crippen molar-refractivity contribution in [2.75, 3.05) is 19.0 Å². The molecule has 4 rings (SSSR count). The van der Waals surface area contributed by atoms with Gasteiger partial charge in [0.05, 0.1) is 13.7 Å². The molecule has 0 bridgehead atoms. The van der Waals surface area contributed by atoms with Crippen LogP contribution in [-0.4, -0.2) is 42.5 Å². The Morgan fingerprint density at radius 3 is 2.39 bits per heavy atom. The second-order valence-electron chi connectivity index (χ2n) is 9.81. The van der Waals surface area contributed by atoms with Crippen molar-refractivity contribution >= 4 is 23.6 Å². The molecule has 0 unspecified atom stereocenters. The third-order valence-electron chi connectivity index (χ3n) is 6.34. The Balaban J connectivity index is 1.58. The Bertz CT molecular complexity index is 1290. The summed E-state index contributed by atoms with van der Waals surface area (Å²) in [6, 6.07) is 20.8. The molecule has 2 N–H and O–H groups in total. The number of cyclic esters (lactones) is 1. The van der Waals surface area contributed by atoms with Crippen LogP contribution in [0.15, 0.2) is 72.8 Å². The first-order valence-electron chi connectivity index (χ1n) is 12.6. The van der Waals surface area contributed by atoms with E-state index in [0.717, 1.165) is 11.1 Å². The first-order chi connectivity index (χ1) is 18.2. The Labute approximate surface area is 222 Å². The van der Waals surface area contributed by atoms with Crippen molar-refractivity contribution < 1.29 is 23.9 Å². The minimum absolute atomic E-state index is 0.239. The largest absolute Gasteiger partial charge is 0.497 e. The van der Waals surface area contributed by atoms with Crippen molar-refractivity contribution in [2.24, 2.45) is 5.92 Å². The molecule has 1 aliphatic rings. The molecule has 0 spiro atoms. The van der Waals surface area contributed by atoms with Crippen molar-refractivity contribution in [2.45, 2.75) is 39.5 Å². The first kappa shape index (κ1) is 26.7. The first-order valence-corrected chi connectivity index (χ1v) is 12.6. The maximum Gasteiger partial charge on any atom is 0.411 e. The lowest BCUT2D eigenvalue weighted by atomic mass is 9.99. The van der Waals surface area contributed by atoms with Gasteiger partial charge in [-0.15, -0.1) is 0 Å². The van der Waals surface area contributed by atoms with E-state index < -0.39 is 18.2 Å². The smallest absolute Gasteiger partial charge is 0.411 e. The van der Waals surface area contributed by atoms with Gasteiger partial charge in [0.1, 0.15) is 5.75 Å². The van der Waals surface area contributed by atoms with Crippen LogP contribution in [0.3, 0.4) is 0 Å². The summed E-state index contributed by atoms with van der Waals surface area (Å²) in [6.45, 7) is 6.72. The second-order valence-corrected chi connectivity index (χ2v) is 9.81. The summed E-state index contributed by atoms with van der Waals surface area (Å²) in [7, 11) is 1.56. The molecule has 3 aromatic rings. The summed E-state index contributed by atoms with van der Waals surface area (Å²) >= 11 is 0. The minimum Gasteiger partial charge on any atom is -0.497 e. The van der Waals surface area contributed by atoms with Crippen LogP contribution in [0.5, 0.6) is 5.75 Å². The number of aryl methyl sites for hydroxylation is 1. The van der Waals surface area contributed by atoms with E-state index >= 15 is 0 Å². The quantitative estimate of drug-likeness (QED) is 0.414. The molecule has 8 nitrogen and oxygen atoms in total. The highest BCUT2D eigenvalue weighted by Crippen LogP contribution is 2.35. The number of ether oxygens (including phenoxy) is 2. The van der Waals surface area contributed by atoms with Crippen molar-refractivity contribution in [3.8, 4) is 5.75 Å². The van der Waals surface area contributed by atoms with Crippen LogP contribution in [0.2, 0.25) is 0 Å². The van der Waals surface area contributed by atoms with Crippen LogP contribution in [0, 0.1) is 12.8 Å². The number of methoxy groups -OCH3 is 1. The number of nitrogens with one attached hydrogen (secondary N) is 2. The summed E-state index contributed by atoms with van der Waals surface area (Å²) in [5, 5.41) is 5.83. The van der Waals surface area contributed by atoms with Gasteiger partial charge in [0.25, 0.3) is 5.91 Å². The average Bonchev–Trinajstić information content (AvgIpc) is 3.24. The van der Waals surface area contributed by atoms with Crippen LogP contribution in [0.4, 0.5) is 10.5 Å². The highest BCUT2D eigenvalue weighted by Gasteiger charge is 2.47. The molecule has 0 saturated carbocycles. The summed E-state index contributed by atoms with van der Waals surface area (Å²) < 4.78 is 10.9. The summed E-state index contributed by atoms with van der Waals surface area (Å²) in [6.07, 6.45) is -1.40. The highest BCUT2D eigenvalue weighted by molar-refractivity contribution is 6.04. The molecule has 1 fully saturated rings. The number of nitrogens with zero attached hydrogens (tertiary/aromatic N) is 1. The van der Waals surface area contributed by atoms with Gasteiger partial charge in [0, 0.05) is 17.8 Å². The van der Waals surface area contributed by atoms with Gasteiger partial charge in [-0.05, 0) is 60.4 Å². The van der Waals surface area contributed by atoms with E-state index in [1.54, 1.807) is 55.6 Å². The number of hydrogen-bond acceptors (Lipinski definition) is 5. The number of carbonyl (C=O) groups is 3. The molecular weight excluding hydrogens is 482 g/mol. The van der Waals surface area contributed by atoms with Crippen LogP contribution >= 0.6 is 0 Å². The maximum atomic E-state index is 13.4. The Kier molecular flexibility index (Phi) is 8.31. The molecule has 1 saturated heterocycles. The Morgan fingerprint density at radius 1 is 1.03 bits per heavy atom. The van der Waals surface area contributed by atoms with Crippen LogP contribution in [0.1, 0.15) is 47.0 Å². The number of amides is 3. The van der Waals surface area contributed by atoms with Gasteiger partial charge >= 0.3 is 6.09 Å². The topological polar surface area (TPSA) is 97.0 Å². The van der Waals surface area contributed by atoms with Crippen molar-refractivity contribution in [3.63, 3.8) is 0 Å². The predicted molar refractivity (Wildman–Crippen MR) is 145 cm³/mol. The van der Waals surface area contributed by atoms with Gasteiger partial charge < -0.3 is 20.1 Å². The molecule has 0 aliphatic carbocycles. The molecule has 38 heavy (non-hydrogen) atoms. The van der Waals surface area contributed by atoms with Crippen molar-refractivity contribution in [3.05, 3.63) is 95.1 Å². The molecule has 3 amide bonds. The number of hydrogen-bond donors (Lipinski definition) is 2. The maximum absolute atomic E-state index is 13.4. The van der Waals surface area contributed by atoms with Crippen molar-refractivity contribution in [1.82, 2.24) is 10.2 Å². The molecule has 198 valence electrons. The Hall–Kier alpha value is -4.33. The van der Waals surface area contributed by atoms with Crippen LogP contribution in [0.25, 0.3) is 0 Å². The van der Waals surface area contributed by atoms with Gasteiger partial charge in [-0.1, -0.05) is 55.8 Å². The average molecular weight is 516 g/mol. The Morgan fingerprint density at radius 2 is 1.74 bits per heavy atom. The minimum atomic E-state index is -0.866. The molecule has 0 radical (unpaired) electrons. The highest BCUT2D eigenvalue weighted by atomic mass is 16.6.